The Labute approximate surface area is 164 Å². The molecule has 0 heterocycles. The van der Waals surface area contributed by atoms with Crippen LogP contribution in [-0.2, 0) is 9.84 Å². The third-order valence-electron chi connectivity index (χ3n) is 5.21. The Kier molecular flexibility index (Phi) is 7.93. The Morgan fingerprint density at radius 3 is 2.07 bits per heavy atom. The van der Waals surface area contributed by atoms with E-state index >= 15 is 0 Å². The molecule has 1 aromatic carbocycles. The van der Waals surface area contributed by atoms with Crippen molar-refractivity contribution in [3.05, 3.63) is 40.3 Å². The van der Waals surface area contributed by atoms with Gasteiger partial charge < -0.3 is 14.3 Å². The molecule has 0 spiro atoms. The van der Waals surface area contributed by atoms with Crippen molar-refractivity contribution in [3.8, 4) is 5.75 Å². The number of aliphatic hydroxyl groups excluding tert-OH is 1. The zero-order chi connectivity index (χ0) is 20.9. The van der Waals surface area contributed by atoms with Gasteiger partial charge in [-0.05, 0) is 46.8 Å². The third-order valence-corrected chi connectivity index (χ3v) is 9.71. The summed E-state index contributed by atoms with van der Waals surface area (Å²) in [5.41, 5.74) is 10.1. The van der Waals surface area contributed by atoms with Crippen LogP contribution in [0.1, 0.15) is 47.1 Å². The summed E-state index contributed by atoms with van der Waals surface area (Å²) < 4.78 is 11.8. The van der Waals surface area contributed by atoms with Crippen LogP contribution in [0.25, 0.3) is 10.4 Å². The van der Waals surface area contributed by atoms with E-state index in [1.54, 1.807) is 0 Å². The average molecular weight is 394 g/mol. The molecule has 7 heteroatoms. The first kappa shape index (κ1) is 23.5. The average Bonchev–Trinajstić information content (AvgIpc) is 2.55. The first-order chi connectivity index (χ1) is 12.3. The van der Waals surface area contributed by atoms with Crippen LogP contribution < -0.4 is 4.74 Å². The van der Waals surface area contributed by atoms with Crippen LogP contribution in [0.3, 0.4) is 0 Å². The number of rotatable bonds is 8. The van der Waals surface area contributed by atoms with Crippen molar-refractivity contribution in [3.63, 3.8) is 0 Å². The van der Waals surface area contributed by atoms with Gasteiger partial charge in [0.15, 0.2) is 8.32 Å². The molecule has 0 unspecified atom stereocenters. The molecule has 0 amide bonds. The van der Waals surface area contributed by atoms with E-state index in [0.29, 0.717) is 5.75 Å². The van der Waals surface area contributed by atoms with Gasteiger partial charge in [-0.2, -0.15) is 0 Å². The Morgan fingerprint density at radius 1 is 1.07 bits per heavy atom. The van der Waals surface area contributed by atoms with Crippen LogP contribution in [0.4, 0.5) is 0 Å². The van der Waals surface area contributed by atoms with Gasteiger partial charge in [-0.25, -0.2) is 0 Å². The second-order valence-corrected chi connectivity index (χ2v) is 14.3. The summed E-state index contributed by atoms with van der Waals surface area (Å²) in [4.78, 5) is 2.86. The van der Waals surface area contributed by atoms with Crippen LogP contribution in [0.2, 0.25) is 18.1 Å². The Balaban J connectivity index is 2.68. The number of azide groups is 1. The zero-order valence-corrected chi connectivity index (χ0v) is 19.0. The van der Waals surface area contributed by atoms with Crippen LogP contribution >= 0.6 is 0 Å². The van der Waals surface area contributed by atoms with Crippen LogP contribution in [0.5, 0.6) is 5.75 Å². The maximum Gasteiger partial charge on any atom is 0.191 e. The summed E-state index contributed by atoms with van der Waals surface area (Å²) >= 11 is 0. The van der Waals surface area contributed by atoms with Crippen LogP contribution in [0.15, 0.2) is 29.4 Å². The Hall–Kier alpha value is -1.53. The highest BCUT2D eigenvalue weighted by molar-refractivity contribution is 6.74. The van der Waals surface area contributed by atoms with Crippen molar-refractivity contribution in [2.75, 3.05) is 13.2 Å². The minimum absolute atomic E-state index is 0.0411. The summed E-state index contributed by atoms with van der Waals surface area (Å²) in [7, 11) is -1.99. The molecule has 0 aromatic heterocycles. The molecule has 0 aliphatic rings. The number of nitrogens with zero attached hydrogens (tertiary/aromatic N) is 3. The van der Waals surface area contributed by atoms with Gasteiger partial charge in [0.25, 0.3) is 0 Å². The van der Waals surface area contributed by atoms with E-state index < -0.39 is 20.5 Å². The smallest absolute Gasteiger partial charge is 0.191 e. The largest absolute Gasteiger partial charge is 0.491 e. The highest BCUT2D eigenvalue weighted by Crippen LogP contribution is 2.36. The monoisotopic (exact) mass is 393 g/mol. The topological polar surface area (TPSA) is 87.5 Å². The molecule has 27 heavy (non-hydrogen) atoms. The third kappa shape index (κ3) is 7.18. The van der Waals surface area contributed by atoms with Crippen LogP contribution in [-0.4, -0.2) is 38.8 Å². The lowest BCUT2D eigenvalue weighted by Crippen LogP contribution is -2.44. The van der Waals surface area contributed by atoms with E-state index in [0.717, 1.165) is 0 Å². The van der Waals surface area contributed by atoms with Gasteiger partial charge in [-0.1, -0.05) is 58.8 Å². The van der Waals surface area contributed by atoms with Gasteiger partial charge in [0.1, 0.15) is 12.4 Å². The second-order valence-electron chi connectivity index (χ2n) is 9.50. The van der Waals surface area contributed by atoms with Crippen molar-refractivity contribution >= 4 is 8.32 Å². The maximum absolute atomic E-state index is 10.4. The molecule has 6 nitrogen and oxygen atoms in total. The normalized spacial score (nSPS) is 15.0. The SMILES string of the molecule is CC(C)(C)c1ccc(OC[C@@H](O)[C@H](CO[Si](C)(C)C(C)(C)C)N=[N+]=[N-])cc1. The molecule has 1 aromatic rings. The van der Waals surface area contributed by atoms with Crippen molar-refractivity contribution < 1.29 is 14.3 Å². The minimum atomic E-state index is -1.99. The van der Waals surface area contributed by atoms with Gasteiger partial charge in [0.05, 0.1) is 12.1 Å². The maximum atomic E-state index is 10.4. The number of benzene rings is 1. The molecule has 0 bridgehead atoms. The highest BCUT2D eigenvalue weighted by atomic mass is 28.4. The van der Waals surface area contributed by atoms with Crippen LogP contribution in [0, 0.1) is 0 Å². The van der Waals surface area contributed by atoms with Gasteiger partial charge >= 0.3 is 0 Å². The Morgan fingerprint density at radius 2 is 1.63 bits per heavy atom. The first-order valence-electron chi connectivity index (χ1n) is 9.37. The predicted molar refractivity (Wildman–Crippen MR) is 113 cm³/mol. The van der Waals surface area contributed by atoms with Crippen molar-refractivity contribution in [2.24, 2.45) is 5.11 Å². The van der Waals surface area contributed by atoms with E-state index in [9.17, 15) is 5.11 Å². The predicted octanol–water partition coefficient (Wildman–Crippen LogP) is 5.42. The fourth-order valence-electron chi connectivity index (χ4n) is 2.14. The summed E-state index contributed by atoms with van der Waals surface area (Å²) in [5.74, 6) is 0.673. The Bertz CT molecular complexity index is 642. The summed E-state index contributed by atoms with van der Waals surface area (Å²) in [6.07, 6.45) is -0.937. The summed E-state index contributed by atoms with van der Waals surface area (Å²) in [6, 6.07) is 7.14. The van der Waals surface area contributed by atoms with E-state index in [-0.39, 0.29) is 23.7 Å². The second kappa shape index (κ2) is 9.11. The first-order valence-corrected chi connectivity index (χ1v) is 12.3. The van der Waals surface area contributed by atoms with E-state index in [2.05, 4.69) is 64.7 Å². The summed E-state index contributed by atoms with van der Waals surface area (Å²) in [5, 5.41) is 14.2. The number of hydrogen-bond acceptors (Lipinski definition) is 4. The number of hydrogen-bond donors (Lipinski definition) is 1. The molecule has 0 fully saturated rings. The van der Waals surface area contributed by atoms with E-state index in [1.807, 2.05) is 24.3 Å². The fourth-order valence-corrected chi connectivity index (χ4v) is 3.16. The zero-order valence-electron chi connectivity index (χ0n) is 18.0. The van der Waals surface area contributed by atoms with Gasteiger partial charge in [-0.3, -0.25) is 0 Å². The lowest BCUT2D eigenvalue weighted by Gasteiger charge is -2.37. The molecule has 0 aliphatic heterocycles. The lowest BCUT2D eigenvalue weighted by molar-refractivity contribution is 0.0660. The lowest BCUT2D eigenvalue weighted by atomic mass is 9.87. The van der Waals surface area contributed by atoms with Gasteiger partial charge in [0, 0.05) is 11.5 Å². The molecule has 152 valence electrons. The molecule has 0 radical (unpaired) electrons. The molecule has 0 saturated heterocycles. The molecule has 2 atom stereocenters. The standard InChI is InChI=1S/C20H35N3O3Si/c1-19(2,3)15-9-11-16(12-10-15)25-14-18(24)17(22-23-21)13-26-27(7,8)20(4,5)6/h9-12,17-18,24H,13-14H2,1-8H3/t17-,18+/m0/s1. The number of ether oxygens (including phenoxy) is 1. The molecule has 1 rings (SSSR count). The van der Waals surface area contributed by atoms with Crippen molar-refractivity contribution in [1.82, 2.24) is 0 Å². The molecule has 1 N–H and O–H groups in total. The van der Waals surface area contributed by atoms with Gasteiger partial charge in [0.2, 0.25) is 0 Å². The minimum Gasteiger partial charge on any atom is -0.491 e. The molecule has 0 saturated carbocycles. The fraction of sp³-hybridized carbons (Fsp3) is 0.700. The quantitative estimate of drug-likeness (QED) is 0.277. The molecule has 0 aliphatic carbocycles. The van der Waals surface area contributed by atoms with Crippen molar-refractivity contribution in [1.29, 1.82) is 0 Å². The molecular formula is C20H35N3O3Si. The van der Waals surface area contributed by atoms with Gasteiger partial charge in [-0.15, -0.1) is 0 Å². The highest BCUT2D eigenvalue weighted by Gasteiger charge is 2.38. The number of aliphatic hydroxyl groups is 1. The van der Waals surface area contributed by atoms with E-state index in [1.165, 1.54) is 5.56 Å². The molecular weight excluding hydrogens is 358 g/mol. The van der Waals surface area contributed by atoms with Crippen molar-refractivity contribution in [2.45, 2.75) is 77.2 Å². The summed E-state index contributed by atoms with van der Waals surface area (Å²) in [6.45, 7) is 17.4. The van der Waals surface area contributed by atoms with E-state index in [4.69, 9.17) is 14.7 Å².